The molecule has 1 aromatic carbocycles. The largest absolute Gasteiger partial charge is 0.358 e. The van der Waals surface area contributed by atoms with Gasteiger partial charge in [0.25, 0.3) is 0 Å². The lowest BCUT2D eigenvalue weighted by molar-refractivity contribution is -0.131. The van der Waals surface area contributed by atoms with Gasteiger partial charge in [-0.25, -0.2) is 0 Å². The van der Waals surface area contributed by atoms with Gasteiger partial charge in [0.05, 0.1) is 6.04 Å². The topological polar surface area (TPSA) is 64.7 Å². The minimum atomic E-state index is -0.482. The third-order valence-electron chi connectivity index (χ3n) is 5.53. The number of hydrogen-bond acceptors (Lipinski definition) is 4. The highest BCUT2D eigenvalue weighted by molar-refractivity contribution is 6.30. The molecule has 2 N–H and O–H groups in total. The number of halogens is 1. The predicted molar refractivity (Wildman–Crippen MR) is 107 cm³/mol. The van der Waals surface area contributed by atoms with Crippen molar-refractivity contribution in [2.24, 2.45) is 0 Å². The number of nitrogens with one attached hydrogen (secondary N) is 2. The van der Waals surface area contributed by atoms with Crippen LogP contribution in [-0.4, -0.2) is 67.4 Å². The molecule has 2 atom stereocenters. The molecule has 0 aromatic heterocycles. The van der Waals surface area contributed by atoms with Crippen molar-refractivity contribution < 1.29 is 9.59 Å². The molecule has 6 nitrogen and oxygen atoms in total. The van der Waals surface area contributed by atoms with Gasteiger partial charge in [-0.15, -0.1) is 0 Å². The zero-order chi connectivity index (χ0) is 19.2. The van der Waals surface area contributed by atoms with E-state index >= 15 is 0 Å². The fourth-order valence-electron chi connectivity index (χ4n) is 4.12. The number of nitrogens with zero attached hydrogens (tertiary/aromatic N) is 2. The number of benzene rings is 1. The molecule has 2 amide bonds. The Kier molecular flexibility index (Phi) is 7.10. The van der Waals surface area contributed by atoms with E-state index in [0.29, 0.717) is 11.6 Å². The second kappa shape index (κ2) is 9.53. The van der Waals surface area contributed by atoms with Gasteiger partial charge in [-0.2, -0.15) is 0 Å². The van der Waals surface area contributed by atoms with E-state index in [0.717, 1.165) is 44.6 Å². The monoisotopic (exact) mass is 392 g/mol. The molecule has 2 aliphatic rings. The van der Waals surface area contributed by atoms with Crippen molar-refractivity contribution in [1.29, 1.82) is 0 Å². The van der Waals surface area contributed by atoms with E-state index in [4.69, 9.17) is 11.6 Å². The van der Waals surface area contributed by atoms with Crippen LogP contribution in [0.25, 0.3) is 0 Å². The molecule has 0 saturated carbocycles. The minimum Gasteiger partial charge on any atom is -0.358 e. The number of likely N-dealkylation sites (N-methyl/N-ethyl adjacent to an activating group) is 1. The summed E-state index contributed by atoms with van der Waals surface area (Å²) in [5.41, 5.74) is 0.857. The van der Waals surface area contributed by atoms with Crippen molar-refractivity contribution in [3.8, 4) is 0 Å². The van der Waals surface area contributed by atoms with Gasteiger partial charge in [0.1, 0.15) is 6.04 Å². The summed E-state index contributed by atoms with van der Waals surface area (Å²) in [6.07, 6.45) is 4.18. The molecule has 27 heavy (non-hydrogen) atoms. The van der Waals surface area contributed by atoms with E-state index in [-0.39, 0.29) is 17.9 Å². The molecule has 0 spiro atoms. The Balaban J connectivity index is 1.66. The van der Waals surface area contributed by atoms with Crippen molar-refractivity contribution in [3.05, 3.63) is 34.9 Å². The maximum Gasteiger partial charge on any atom is 0.241 e. The Hall–Kier alpha value is -1.63. The number of carbonyl (C=O) groups is 2. The summed E-state index contributed by atoms with van der Waals surface area (Å²) in [6.45, 7) is 4.54. The molecule has 0 aliphatic carbocycles. The van der Waals surface area contributed by atoms with Crippen LogP contribution >= 0.6 is 11.6 Å². The highest BCUT2D eigenvalue weighted by atomic mass is 35.5. The summed E-state index contributed by atoms with van der Waals surface area (Å²) in [6, 6.07) is 6.54. The van der Waals surface area contributed by atoms with Gasteiger partial charge in [0, 0.05) is 31.7 Å². The molecular formula is C20H29ClN4O2. The summed E-state index contributed by atoms with van der Waals surface area (Å²) < 4.78 is 0. The molecule has 3 rings (SSSR count). The van der Waals surface area contributed by atoms with Crippen LogP contribution in [0.3, 0.4) is 0 Å². The molecule has 0 radical (unpaired) electrons. The fourth-order valence-corrected chi connectivity index (χ4v) is 4.24. The van der Waals surface area contributed by atoms with Crippen molar-refractivity contribution in [2.75, 3.05) is 39.8 Å². The summed E-state index contributed by atoms with van der Waals surface area (Å²) >= 11 is 6.00. The Bertz CT molecular complexity index is 646. The lowest BCUT2D eigenvalue weighted by Crippen LogP contribution is -2.49. The maximum atomic E-state index is 12.8. The second-order valence-corrected chi connectivity index (χ2v) is 7.74. The van der Waals surface area contributed by atoms with Crippen molar-refractivity contribution in [2.45, 2.75) is 37.8 Å². The molecule has 0 unspecified atom stereocenters. The maximum absolute atomic E-state index is 12.8. The van der Waals surface area contributed by atoms with Crippen LogP contribution in [0, 0.1) is 0 Å². The van der Waals surface area contributed by atoms with E-state index in [1.807, 2.05) is 17.0 Å². The molecule has 1 aromatic rings. The van der Waals surface area contributed by atoms with Gasteiger partial charge in [0.2, 0.25) is 11.8 Å². The Morgan fingerprint density at radius 2 is 1.85 bits per heavy atom. The van der Waals surface area contributed by atoms with Gasteiger partial charge < -0.3 is 15.5 Å². The third-order valence-corrected chi connectivity index (χ3v) is 5.79. The lowest BCUT2D eigenvalue weighted by atomic mass is 10.0. The number of rotatable bonds is 7. The highest BCUT2D eigenvalue weighted by Crippen LogP contribution is 2.30. The van der Waals surface area contributed by atoms with Crippen LogP contribution in [0.4, 0.5) is 0 Å². The van der Waals surface area contributed by atoms with Gasteiger partial charge in [-0.1, -0.05) is 23.7 Å². The molecule has 148 valence electrons. The normalized spacial score (nSPS) is 21.9. The Morgan fingerprint density at radius 3 is 2.52 bits per heavy atom. The van der Waals surface area contributed by atoms with E-state index < -0.39 is 6.04 Å². The fraction of sp³-hybridized carbons (Fsp3) is 0.600. The predicted octanol–water partition coefficient (Wildman–Crippen LogP) is 1.80. The first-order valence-electron chi connectivity index (χ1n) is 9.83. The van der Waals surface area contributed by atoms with Crippen LogP contribution in [0.5, 0.6) is 0 Å². The summed E-state index contributed by atoms with van der Waals surface area (Å²) in [5.74, 6) is -0.0800. The van der Waals surface area contributed by atoms with Crippen LogP contribution < -0.4 is 10.6 Å². The average molecular weight is 393 g/mol. The second-order valence-electron chi connectivity index (χ2n) is 7.30. The summed E-state index contributed by atoms with van der Waals surface area (Å²) in [5, 5.41) is 6.45. The van der Waals surface area contributed by atoms with E-state index in [1.165, 1.54) is 12.8 Å². The van der Waals surface area contributed by atoms with E-state index in [2.05, 4.69) is 15.5 Å². The Labute approximate surface area is 166 Å². The quantitative estimate of drug-likeness (QED) is 0.742. The summed E-state index contributed by atoms with van der Waals surface area (Å²) in [4.78, 5) is 29.8. The van der Waals surface area contributed by atoms with Crippen molar-refractivity contribution in [1.82, 2.24) is 20.4 Å². The average Bonchev–Trinajstić information content (AvgIpc) is 3.35. The lowest BCUT2D eigenvalue weighted by Gasteiger charge is -2.31. The van der Waals surface area contributed by atoms with E-state index in [9.17, 15) is 9.59 Å². The van der Waals surface area contributed by atoms with Crippen LogP contribution in [-0.2, 0) is 9.59 Å². The van der Waals surface area contributed by atoms with Gasteiger partial charge in [-0.05, 0) is 56.5 Å². The molecule has 2 aliphatic heterocycles. The zero-order valence-corrected chi connectivity index (χ0v) is 16.7. The van der Waals surface area contributed by atoms with Crippen LogP contribution in [0.1, 0.15) is 37.3 Å². The van der Waals surface area contributed by atoms with Gasteiger partial charge >= 0.3 is 0 Å². The van der Waals surface area contributed by atoms with Crippen LogP contribution in [0.2, 0.25) is 5.02 Å². The SMILES string of the molecule is CNC(=O)[C@@H](c1ccc(Cl)cc1)N1CCC[C@H]1C(=O)NCCN1CCCC1. The van der Waals surface area contributed by atoms with Gasteiger partial charge in [0.15, 0.2) is 0 Å². The first-order chi connectivity index (χ1) is 13.1. The highest BCUT2D eigenvalue weighted by Gasteiger charge is 2.39. The molecule has 0 bridgehead atoms. The molecule has 2 fully saturated rings. The first kappa shape index (κ1) is 20.1. The standard InChI is InChI=1S/C20H29ClN4O2/c1-22-20(27)18(15-6-8-16(21)9-7-15)25-13-4-5-17(25)19(26)23-10-14-24-11-2-3-12-24/h6-9,17-18H,2-5,10-14H2,1H3,(H,22,27)(H,23,26)/t17-,18+/m0/s1. The Morgan fingerprint density at radius 1 is 1.15 bits per heavy atom. The van der Waals surface area contributed by atoms with Crippen molar-refractivity contribution in [3.63, 3.8) is 0 Å². The number of amides is 2. The zero-order valence-electron chi connectivity index (χ0n) is 15.9. The number of likely N-dealkylation sites (tertiary alicyclic amines) is 2. The number of carbonyl (C=O) groups excluding carboxylic acids is 2. The van der Waals surface area contributed by atoms with Gasteiger partial charge in [-0.3, -0.25) is 14.5 Å². The molecule has 2 heterocycles. The first-order valence-corrected chi connectivity index (χ1v) is 10.2. The molecule has 2 saturated heterocycles. The molecule has 7 heteroatoms. The minimum absolute atomic E-state index is 0.0227. The van der Waals surface area contributed by atoms with Crippen LogP contribution in [0.15, 0.2) is 24.3 Å². The molecular weight excluding hydrogens is 364 g/mol. The van der Waals surface area contributed by atoms with Crippen molar-refractivity contribution >= 4 is 23.4 Å². The summed E-state index contributed by atoms with van der Waals surface area (Å²) in [7, 11) is 1.63. The smallest absolute Gasteiger partial charge is 0.241 e. The van der Waals surface area contributed by atoms with E-state index in [1.54, 1.807) is 19.2 Å². The number of hydrogen-bond donors (Lipinski definition) is 2. The third kappa shape index (κ3) is 5.00.